The third-order valence-corrected chi connectivity index (χ3v) is 4.05. The molecule has 3 rings (SSSR count). The summed E-state index contributed by atoms with van der Waals surface area (Å²) in [6.45, 7) is 4.31. The summed E-state index contributed by atoms with van der Waals surface area (Å²) in [4.78, 5) is 36.2. The van der Waals surface area contributed by atoms with Gasteiger partial charge in [0.25, 0.3) is 5.91 Å². The van der Waals surface area contributed by atoms with Gasteiger partial charge in [-0.2, -0.15) is 0 Å². The van der Waals surface area contributed by atoms with Gasteiger partial charge < -0.3 is 15.8 Å². The Morgan fingerprint density at radius 2 is 1.68 bits per heavy atom. The first-order valence-electron chi connectivity index (χ1n) is 9.55. The molecule has 2 heterocycles. The Balaban J connectivity index is 1.63. The van der Waals surface area contributed by atoms with Crippen LogP contribution in [0.2, 0.25) is 0 Å². The molecule has 10 nitrogen and oxygen atoms in total. The maximum absolute atomic E-state index is 12.1. The number of amides is 1. The predicted molar refractivity (Wildman–Crippen MR) is 117 cm³/mol. The summed E-state index contributed by atoms with van der Waals surface area (Å²) in [5.41, 5.74) is 13.1. The molecule has 0 saturated heterocycles. The van der Waals surface area contributed by atoms with Crippen LogP contribution in [0.4, 0.5) is 23.0 Å². The zero-order valence-electron chi connectivity index (χ0n) is 17.1. The number of hydrogen-bond acceptors (Lipinski definition) is 9. The van der Waals surface area contributed by atoms with Crippen molar-refractivity contribution in [3.8, 4) is 0 Å². The largest absolute Gasteiger partial charge is 0.462 e. The number of rotatable bonds is 8. The molecule has 5 N–H and O–H groups in total. The summed E-state index contributed by atoms with van der Waals surface area (Å²) in [6.07, 6.45) is 4.34. The van der Waals surface area contributed by atoms with Crippen molar-refractivity contribution in [1.82, 2.24) is 20.4 Å². The molecule has 1 amide bonds. The van der Waals surface area contributed by atoms with Crippen LogP contribution in [0.5, 0.6) is 0 Å². The van der Waals surface area contributed by atoms with Crippen LogP contribution in [0, 0.1) is 5.92 Å². The van der Waals surface area contributed by atoms with Gasteiger partial charge in [-0.1, -0.05) is 13.8 Å². The number of esters is 1. The molecule has 0 saturated carbocycles. The number of hydrazine groups is 1. The fraction of sp³-hybridized carbons (Fsp3) is 0.190. The zero-order valence-corrected chi connectivity index (χ0v) is 17.1. The summed E-state index contributed by atoms with van der Waals surface area (Å²) in [7, 11) is 0. The van der Waals surface area contributed by atoms with Crippen LogP contribution in [0.3, 0.4) is 0 Å². The van der Waals surface area contributed by atoms with E-state index in [0.29, 0.717) is 29.2 Å². The minimum atomic E-state index is -0.377. The number of nitrogens with zero attached hydrogens (tertiary/aromatic N) is 3. The van der Waals surface area contributed by atoms with E-state index in [2.05, 4.69) is 31.1 Å². The first-order valence-corrected chi connectivity index (χ1v) is 9.55. The van der Waals surface area contributed by atoms with Crippen molar-refractivity contribution in [2.45, 2.75) is 13.8 Å². The van der Waals surface area contributed by atoms with Gasteiger partial charge in [0.1, 0.15) is 12.0 Å². The van der Waals surface area contributed by atoms with Gasteiger partial charge in [0.15, 0.2) is 11.6 Å². The van der Waals surface area contributed by atoms with E-state index in [1.807, 2.05) is 13.8 Å². The number of pyridine rings is 1. The van der Waals surface area contributed by atoms with Crippen LogP contribution in [0.15, 0.2) is 55.1 Å². The van der Waals surface area contributed by atoms with Gasteiger partial charge in [0.05, 0.1) is 12.2 Å². The molecular formula is C21H23N7O3. The lowest BCUT2D eigenvalue weighted by atomic mass is 10.2. The number of nitrogens with one attached hydrogen (secondary N) is 3. The fourth-order valence-corrected chi connectivity index (χ4v) is 2.44. The lowest BCUT2D eigenvalue weighted by Crippen LogP contribution is -2.30. The maximum Gasteiger partial charge on any atom is 0.338 e. The normalized spacial score (nSPS) is 10.4. The molecule has 1 aromatic carbocycles. The van der Waals surface area contributed by atoms with Gasteiger partial charge in [0, 0.05) is 23.6 Å². The summed E-state index contributed by atoms with van der Waals surface area (Å²) >= 11 is 0. The van der Waals surface area contributed by atoms with Gasteiger partial charge in [0.2, 0.25) is 0 Å². The smallest absolute Gasteiger partial charge is 0.338 e. The number of anilines is 4. The highest BCUT2D eigenvalue weighted by atomic mass is 16.5. The van der Waals surface area contributed by atoms with E-state index >= 15 is 0 Å². The van der Waals surface area contributed by atoms with Crippen molar-refractivity contribution in [3.63, 3.8) is 0 Å². The molecule has 0 fully saturated rings. The molecule has 2 aromatic heterocycles. The lowest BCUT2D eigenvalue weighted by molar-refractivity contribution is 0.0459. The van der Waals surface area contributed by atoms with Crippen LogP contribution >= 0.6 is 0 Å². The fourth-order valence-electron chi connectivity index (χ4n) is 2.44. The van der Waals surface area contributed by atoms with E-state index in [1.54, 1.807) is 36.4 Å². The minimum absolute atomic E-state index is 0.206. The predicted octanol–water partition coefficient (Wildman–Crippen LogP) is 2.77. The van der Waals surface area contributed by atoms with Crippen LogP contribution in [0.1, 0.15) is 34.6 Å². The van der Waals surface area contributed by atoms with Crippen LogP contribution in [-0.4, -0.2) is 33.4 Å². The number of nitrogens with two attached hydrogens (primary N) is 1. The number of carbonyl (C=O) groups is 2. The molecule has 0 atom stereocenters. The average Bonchev–Trinajstić information content (AvgIpc) is 2.79. The Kier molecular flexibility index (Phi) is 6.94. The SMILES string of the molecule is CC(C)COC(=O)c1ccc(Nc2ncnc(NNC(=O)c3ccncc3)c2N)cc1. The van der Waals surface area contributed by atoms with Crippen molar-refractivity contribution < 1.29 is 14.3 Å². The quantitative estimate of drug-likeness (QED) is 0.319. The minimum Gasteiger partial charge on any atom is -0.462 e. The van der Waals surface area contributed by atoms with Crippen molar-refractivity contribution in [2.75, 3.05) is 23.1 Å². The molecule has 10 heteroatoms. The molecule has 160 valence electrons. The van der Waals surface area contributed by atoms with Crippen LogP contribution in [-0.2, 0) is 4.74 Å². The molecule has 3 aromatic rings. The van der Waals surface area contributed by atoms with E-state index in [4.69, 9.17) is 10.5 Å². The topological polar surface area (TPSA) is 144 Å². The van der Waals surface area contributed by atoms with Crippen molar-refractivity contribution in [2.24, 2.45) is 5.92 Å². The highest BCUT2D eigenvalue weighted by Gasteiger charge is 2.12. The van der Waals surface area contributed by atoms with Gasteiger partial charge >= 0.3 is 5.97 Å². The van der Waals surface area contributed by atoms with Crippen molar-refractivity contribution in [3.05, 3.63) is 66.2 Å². The summed E-state index contributed by atoms with van der Waals surface area (Å²) in [6, 6.07) is 9.88. The first-order chi connectivity index (χ1) is 14.9. The van der Waals surface area contributed by atoms with Crippen molar-refractivity contribution in [1.29, 1.82) is 0 Å². The Morgan fingerprint density at radius 1 is 1.00 bits per heavy atom. The molecule has 0 aliphatic carbocycles. The monoisotopic (exact) mass is 421 g/mol. The highest BCUT2D eigenvalue weighted by molar-refractivity contribution is 5.95. The van der Waals surface area contributed by atoms with Gasteiger partial charge in [-0.3, -0.25) is 20.6 Å². The molecule has 0 radical (unpaired) electrons. The third-order valence-electron chi connectivity index (χ3n) is 4.05. The molecule has 0 spiro atoms. The van der Waals surface area contributed by atoms with E-state index in [-0.39, 0.29) is 29.3 Å². The Labute approximate surface area is 179 Å². The number of benzene rings is 1. The van der Waals surface area contributed by atoms with E-state index in [1.165, 1.54) is 18.7 Å². The van der Waals surface area contributed by atoms with E-state index in [0.717, 1.165) is 0 Å². The number of ether oxygens (including phenoxy) is 1. The van der Waals surface area contributed by atoms with Crippen molar-refractivity contribution >= 4 is 34.9 Å². The molecule has 0 bridgehead atoms. The maximum atomic E-state index is 12.1. The number of aromatic nitrogens is 3. The summed E-state index contributed by atoms with van der Waals surface area (Å²) < 4.78 is 5.21. The number of nitrogen functional groups attached to an aromatic ring is 1. The van der Waals surface area contributed by atoms with Crippen LogP contribution < -0.4 is 21.9 Å². The summed E-state index contributed by atoms with van der Waals surface area (Å²) in [5, 5.41) is 3.06. The van der Waals surface area contributed by atoms with Crippen LogP contribution in [0.25, 0.3) is 0 Å². The average molecular weight is 421 g/mol. The summed E-state index contributed by atoms with van der Waals surface area (Å²) in [5.74, 6) is 0.0931. The lowest BCUT2D eigenvalue weighted by Gasteiger charge is -2.13. The zero-order chi connectivity index (χ0) is 22.2. The van der Waals surface area contributed by atoms with Gasteiger partial charge in [-0.25, -0.2) is 14.8 Å². The second-order valence-electron chi connectivity index (χ2n) is 6.99. The number of hydrogen-bond donors (Lipinski definition) is 4. The van der Waals surface area contributed by atoms with Gasteiger partial charge in [-0.05, 0) is 42.3 Å². The molecule has 0 aliphatic heterocycles. The molecule has 31 heavy (non-hydrogen) atoms. The Hall–Kier alpha value is -4.21. The molecule has 0 unspecified atom stereocenters. The Morgan fingerprint density at radius 3 is 2.35 bits per heavy atom. The van der Waals surface area contributed by atoms with E-state index < -0.39 is 0 Å². The molecule has 0 aliphatic rings. The highest BCUT2D eigenvalue weighted by Crippen LogP contribution is 2.25. The molecular weight excluding hydrogens is 398 g/mol. The number of carbonyl (C=O) groups excluding carboxylic acids is 2. The second kappa shape index (κ2) is 10.0. The standard InChI is InChI=1S/C21H23N7O3/c1-13(2)11-31-21(30)15-3-5-16(6-4-15)26-18-17(22)19(25-12-24-18)27-28-20(29)14-7-9-23-10-8-14/h3-10,12-13H,11,22H2,1-2H3,(H,28,29)(H2,24,25,26,27). The van der Waals surface area contributed by atoms with Gasteiger partial charge in [-0.15, -0.1) is 0 Å². The van der Waals surface area contributed by atoms with E-state index in [9.17, 15) is 9.59 Å². The first kappa shape index (κ1) is 21.5. The second-order valence-corrected chi connectivity index (χ2v) is 6.99. The Bertz CT molecular complexity index is 1040. The third kappa shape index (κ3) is 5.89.